The molecular weight excluding hydrogens is 234 g/mol. The molecule has 0 aliphatic heterocycles. The molecule has 1 N–H and O–H groups in total. The number of rotatable bonds is 3. The van der Waals surface area contributed by atoms with Gasteiger partial charge in [0, 0.05) is 11.8 Å². The molecule has 0 heterocycles. The number of hydrogen-bond donors (Lipinski definition) is 1. The van der Waals surface area contributed by atoms with Crippen molar-refractivity contribution in [2.45, 2.75) is 13.8 Å². The second kappa shape index (κ2) is 6.01. The van der Waals surface area contributed by atoms with Gasteiger partial charge in [0.05, 0.1) is 5.70 Å². The molecule has 0 amide bonds. The molecule has 0 saturated carbocycles. The van der Waals surface area contributed by atoms with Crippen LogP contribution in [0.2, 0.25) is 0 Å². The summed E-state index contributed by atoms with van der Waals surface area (Å²) in [5.41, 5.74) is 3.78. The first-order chi connectivity index (χ1) is 9.22. The molecule has 0 atom stereocenters. The minimum Gasteiger partial charge on any atom is -0.507 e. The lowest BCUT2D eigenvalue weighted by molar-refractivity contribution is 0.473. The van der Waals surface area contributed by atoms with Gasteiger partial charge in [-0.15, -0.1) is 0 Å². The zero-order valence-corrected chi connectivity index (χ0v) is 11.2. The minimum absolute atomic E-state index is 0.243. The average molecular weight is 251 g/mol. The highest BCUT2D eigenvalue weighted by Crippen LogP contribution is 2.27. The van der Waals surface area contributed by atoms with Crippen molar-refractivity contribution in [2.75, 3.05) is 0 Å². The SMILES string of the molecule is CC=N/C(=C\c1ccccc1C)c1ccccc1O. The number of aromatic hydroxyl groups is 1. The van der Waals surface area contributed by atoms with Crippen LogP contribution in [0.5, 0.6) is 5.75 Å². The molecule has 0 saturated heterocycles. The first kappa shape index (κ1) is 13.1. The van der Waals surface area contributed by atoms with Crippen LogP contribution >= 0.6 is 0 Å². The van der Waals surface area contributed by atoms with Crippen molar-refractivity contribution in [3.63, 3.8) is 0 Å². The number of hydrogen-bond acceptors (Lipinski definition) is 2. The fourth-order valence-corrected chi connectivity index (χ4v) is 1.91. The lowest BCUT2D eigenvalue weighted by Gasteiger charge is -2.06. The van der Waals surface area contributed by atoms with Gasteiger partial charge in [-0.1, -0.05) is 36.4 Å². The summed E-state index contributed by atoms with van der Waals surface area (Å²) in [4.78, 5) is 4.37. The Kier molecular flexibility index (Phi) is 4.14. The van der Waals surface area contributed by atoms with E-state index in [1.165, 1.54) is 5.56 Å². The van der Waals surface area contributed by atoms with E-state index in [0.717, 1.165) is 16.8 Å². The predicted molar refractivity (Wildman–Crippen MR) is 81.3 cm³/mol. The predicted octanol–water partition coefficient (Wildman–Crippen LogP) is 4.29. The van der Waals surface area contributed by atoms with E-state index >= 15 is 0 Å². The molecule has 0 aromatic heterocycles. The summed E-state index contributed by atoms with van der Waals surface area (Å²) in [5, 5.41) is 9.94. The summed E-state index contributed by atoms with van der Waals surface area (Å²) < 4.78 is 0. The highest BCUT2D eigenvalue weighted by atomic mass is 16.3. The summed E-state index contributed by atoms with van der Waals surface area (Å²) in [6.07, 6.45) is 3.72. The zero-order valence-electron chi connectivity index (χ0n) is 11.2. The number of para-hydroxylation sites is 1. The molecular formula is C17H17NO. The lowest BCUT2D eigenvalue weighted by atomic mass is 10.0. The van der Waals surface area contributed by atoms with Crippen molar-refractivity contribution in [3.05, 3.63) is 65.2 Å². The molecule has 2 heteroatoms. The second-order valence-corrected chi connectivity index (χ2v) is 4.29. The smallest absolute Gasteiger partial charge is 0.124 e. The number of nitrogens with zero attached hydrogens (tertiary/aromatic N) is 1. The van der Waals surface area contributed by atoms with Gasteiger partial charge in [-0.3, -0.25) is 4.99 Å². The van der Waals surface area contributed by atoms with Gasteiger partial charge in [0.1, 0.15) is 5.75 Å². The standard InChI is InChI=1S/C17H17NO/c1-3-18-16(15-10-6-7-11-17(15)19)12-14-9-5-4-8-13(14)2/h3-12,19H,1-2H3/b16-12-,18-3?. The van der Waals surface area contributed by atoms with Gasteiger partial charge in [0.15, 0.2) is 0 Å². The Morgan fingerprint density at radius 1 is 1.05 bits per heavy atom. The molecule has 2 rings (SSSR count). The number of aliphatic imine (C=N–C) groups is 1. The Balaban J connectivity index is 2.53. The van der Waals surface area contributed by atoms with E-state index in [1.807, 2.05) is 43.3 Å². The molecule has 0 bridgehead atoms. The molecule has 19 heavy (non-hydrogen) atoms. The minimum atomic E-state index is 0.243. The Labute approximate surface area is 113 Å². The van der Waals surface area contributed by atoms with Crippen LogP contribution in [0.3, 0.4) is 0 Å². The van der Waals surface area contributed by atoms with Crippen molar-refractivity contribution >= 4 is 18.0 Å². The lowest BCUT2D eigenvalue weighted by Crippen LogP contribution is -1.85. The maximum absolute atomic E-state index is 9.94. The average Bonchev–Trinajstić information content (AvgIpc) is 2.41. The number of benzene rings is 2. The van der Waals surface area contributed by atoms with Crippen molar-refractivity contribution in [1.82, 2.24) is 0 Å². The van der Waals surface area contributed by atoms with Crippen LogP contribution in [0, 0.1) is 6.92 Å². The van der Waals surface area contributed by atoms with Gasteiger partial charge in [-0.25, -0.2) is 0 Å². The molecule has 0 radical (unpaired) electrons. The van der Waals surface area contributed by atoms with Gasteiger partial charge in [0.2, 0.25) is 0 Å². The third-order valence-corrected chi connectivity index (χ3v) is 2.93. The van der Waals surface area contributed by atoms with Crippen LogP contribution in [-0.2, 0) is 0 Å². The maximum atomic E-state index is 9.94. The van der Waals surface area contributed by atoms with Crippen LogP contribution in [-0.4, -0.2) is 11.3 Å². The van der Waals surface area contributed by atoms with Gasteiger partial charge in [-0.2, -0.15) is 0 Å². The van der Waals surface area contributed by atoms with E-state index in [0.29, 0.717) is 0 Å². The van der Waals surface area contributed by atoms with Gasteiger partial charge >= 0.3 is 0 Å². The molecule has 0 unspecified atom stereocenters. The molecule has 0 aliphatic carbocycles. The molecule has 2 nitrogen and oxygen atoms in total. The van der Waals surface area contributed by atoms with E-state index in [-0.39, 0.29) is 5.75 Å². The van der Waals surface area contributed by atoms with E-state index in [9.17, 15) is 5.11 Å². The molecule has 2 aromatic carbocycles. The highest BCUT2D eigenvalue weighted by Gasteiger charge is 2.05. The second-order valence-electron chi connectivity index (χ2n) is 4.29. The zero-order chi connectivity index (χ0) is 13.7. The van der Waals surface area contributed by atoms with Crippen molar-refractivity contribution in [3.8, 4) is 5.75 Å². The summed E-state index contributed by atoms with van der Waals surface area (Å²) in [6.45, 7) is 3.93. The fourth-order valence-electron chi connectivity index (χ4n) is 1.91. The largest absolute Gasteiger partial charge is 0.507 e. The first-order valence-electron chi connectivity index (χ1n) is 6.26. The number of aryl methyl sites for hydroxylation is 1. The summed E-state index contributed by atoms with van der Waals surface area (Å²) in [6, 6.07) is 15.3. The van der Waals surface area contributed by atoms with Crippen molar-refractivity contribution in [1.29, 1.82) is 0 Å². The van der Waals surface area contributed by atoms with E-state index in [1.54, 1.807) is 18.3 Å². The van der Waals surface area contributed by atoms with Gasteiger partial charge < -0.3 is 5.11 Å². The summed E-state index contributed by atoms with van der Waals surface area (Å²) in [7, 11) is 0. The van der Waals surface area contributed by atoms with Gasteiger partial charge in [-0.05, 0) is 43.2 Å². The topological polar surface area (TPSA) is 32.6 Å². The summed E-state index contributed by atoms with van der Waals surface area (Å²) in [5.74, 6) is 0.243. The Morgan fingerprint density at radius 3 is 2.42 bits per heavy atom. The third-order valence-electron chi connectivity index (χ3n) is 2.93. The Morgan fingerprint density at radius 2 is 1.74 bits per heavy atom. The van der Waals surface area contributed by atoms with Crippen molar-refractivity contribution in [2.24, 2.45) is 4.99 Å². The molecule has 0 fully saturated rings. The highest BCUT2D eigenvalue weighted by molar-refractivity contribution is 5.87. The summed E-state index contributed by atoms with van der Waals surface area (Å²) >= 11 is 0. The van der Waals surface area contributed by atoms with Crippen molar-refractivity contribution < 1.29 is 5.11 Å². The molecule has 0 aliphatic rings. The van der Waals surface area contributed by atoms with E-state index in [2.05, 4.69) is 18.0 Å². The monoisotopic (exact) mass is 251 g/mol. The maximum Gasteiger partial charge on any atom is 0.124 e. The van der Waals surface area contributed by atoms with Gasteiger partial charge in [0.25, 0.3) is 0 Å². The van der Waals surface area contributed by atoms with Crippen LogP contribution in [0.25, 0.3) is 11.8 Å². The quantitative estimate of drug-likeness (QED) is 0.640. The molecule has 96 valence electrons. The first-order valence-corrected chi connectivity index (χ1v) is 6.26. The number of phenolic OH excluding ortho intramolecular Hbond substituents is 1. The molecule has 0 spiro atoms. The van der Waals surface area contributed by atoms with Crippen LogP contribution in [0.1, 0.15) is 23.6 Å². The van der Waals surface area contributed by atoms with E-state index < -0.39 is 0 Å². The van der Waals surface area contributed by atoms with E-state index in [4.69, 9.17) is 0 Å². The van der Waals surface area contributed by atoms with Crippen LogP contribution < -0.4 is 0 Å². The normalized spacial score (nSPS) is 12.0. The Bertz CT molecular complexity index is 627. The van der Waals surface area contributed by atoms with Crippen LogP contribution in [0.4, 0.5) is 0 Å². The van der Waals surface area contributed by atoms with Crippen LogP contribution in [0.15, 0.2) is 53.5 Å². The molecule has 2 aromatic rings. The number of phenols is 1. The Hall–Kier alpha value is -2.35. The third kappa shape index (κ3) is 3.10. The fraction of sp³-hybridized carbons (Fsp3) is 0.118.